The first-order valence-electron chi connectivity index (χ1n) is 15.6. The van der Waals surface area contributed by atoms with Crippen LogP contribution in [0.2, 0.25) is 0 Å². The summed E-state index contributed by atoms with van der Waals surface area (Å²) in [4.78, 5) is 60.8. The summed E-state index contributed by atoms with van der Waals surface area (Å²) < 4.78 is 39.1. The monoisotopic (exact) mass is 646 g/mol. The lowest BCUT2D eigenvalue weighted by molar-refractivity contribution is -0.322. The third kappa shape index (κ3) is 6.50. The Morgan fingerprint density at radius 3 is 2.17 bits per heavy atom. The Balaban J connectivity index is 1.43. The minimum atomic E-state index is -1.58. The number of esters is 5. The Morgan fingerprint density at radius 1 is 0.891 bits per heavy atom. The molecule has 2 saturated carbocycles. The third-order valence-corrected chi connectivity index (χ3v) is 10.0. The van der Waals surface area contributed by atoms with Gasteiger partial charge in [0.2, 0.25) is 0 Å². The highest BCUT2D eigenvalue weighted by molar-refractivity contribution is 5.77. The van der Waals surface area contributed by atoms with Gasteiger partial charge in [-0.1, -0.05) is 13.0 Å². The second kappa shape index (κ2) is 13.3. The molecule has 0 aromatic heterocycles. The number of rotatable bonds is 7. The van der Waals surface area contributed by atoms with Gasteiger partial charge in [0.1, 0.15) is 5.75 Å². The van der Waals surface area contributed by atoms with Crippen LogP contribution >= 0.6 is 0 Å². The molecule has 4 aliphatic rings. The number of hydrogen-bond acceptors (Lipinski definition) is 13. The SMILES string of the molecule is COC(=O)[C@H]1O[C@@H](O[C@H]2[C@H](O)C[C@H]3[C@@H]4CCc5cc(OC(C)=O)ccc5[C@H]4CC[C@@]32C)[C@H](OC(C)=O)[C@@H](OC(C)=O)[C@@H]1OC(C)=O. The highest BCUT2D eigenvalue weighted by Crippen LogP contribution is 2.62. The van der Waals surface area contributed by atoms with E-state index in [0.29, 0.717) is 18.6 Å². The van der Waals surface area contributed by atoms with Gasteiger partial charge in [0.15, 0.2) is 30.7 Å². The van der Waals surface area contributed by atoms with Crippen LogP contribution in [-0.2, 0) is 58.8 Å². The fraction of sp³-hybridized carbons (Fsp3) is 0.667. The Kier molecular flexibility index (Phi) is 9.76. The maximum Gasteiger partial charge on any atom is 0.339 e. The number of ether oxygens (including phenoxy) is 7. The number of carbonyl (C=O) groups excluding carboxylic acids is 5. The van der Waals surface area contributed by atoms with Crippen molar-refractivity contribution in [1.82, 2.24) is 0 Å². The van der Waals surface area contributed by atoms with Gasteiger partial charge in [-0.3, -0.25) is 19.2 Å². The molecule has 5 rings (SSSR count). The molecule has 1 N–H and O–H groups in total. The Bertz CT molecular complexity index is 1370. The Morgan fingerprint density at radius 2 is 1.54 bits per heavy atom. The van der Waals surface area contributed by atoms with Gasteiger partial charge in [-0.15, -0.1) is 0 Å². The van der Waals surface area contributed by atoms with E-state index in [1.807, 2.05) is 18.2 Å². The van der Waals surface area contributed by atoms with Gasteiger partial charge in [0.25, 0.3) is 0 Å². The van der Waals surface area contributed by atoms with Gasteiger partial charge < -0.3 is 38.3 Å². The highest BCUT2D eigenvalue weighted by Gasteiger charge is 2.62. The first-order valence-corrected chi connectivity index (χ1v) is 15.6. The summed E-state index contributed by atoms with van der Waals surface area (Å²) >= 11 is 0. The van der Waals surface area contributed by atoms with E-state index in [2.05, 4.69) is 6.92 Å². The molecule has 0 amide bonds. The van der Waals surface area contributed by atoms with E-state index in [1.54, 1.807) is 0 Å². The van der Waals surface area contributed by atoms with Crippen molar-refractivity contribution >= 4 is 29.8 Å². The van der Waals surface area contributed by atoms with Gasteiger partial charge in [0, 0.05) is 27.7 Å². The largest absolute Gasteiger partial charge is 0.467 e. The smallest absolute Gasteiger partial charge is 0.339 e. The quantitative estimate of drug-likeness (QED) is 0.261. The summed E-state index contributed by atoms with van der Waals surface area (Å²) in [6.07, 6.45) is -5.56. The number of aryl methyl sites for hydroxylation is 1. The number of aliphatic hydroxyl groups excluding tert-OH is 1. The van der Waals surface area contributed by atoms with Crippen LogP contribution in [0.25, 0.3) is 0 Å². The fourth-order valence-corrected chi connectivity index (χ4v) is 8.34. The molecule has 46 heavy (non-hydrogen) atoms. The fourth-order valence-electron chi connectivity index (χ4n) is 8.34. The van der Waals surface area contributed by atoms with Gasteiger partial charge in [-0.2, -0.15) is 0 Å². The molecule has 1 saturated heterocycles. The summed E-state index contributed by atoms with van der Waals surface area (Å²) in [5.41, 5.74) is 1.85. The van der Waals surface area contributed by atoms with Crippen molar-refractivity contribution < 1.29 is 62.2 Å². The van der Waals surface area contributed by atoms with Crippen LogP contribution in [0.5, 0.6) is 5.75 Å². The molecule has 0 spiro atoms. The van der Waals surface area contributed by atoms with Crippen molar-refractivity contribution in [2.45, 2.75) is 116 Å². The van der Waals surface area contributed by atoms with Gasteiger partial charge in [-0.05, 0) is 78.5 Å². The predicted molar refractivity (Wildman–Crippen MR) is 156 cm³/mol. The summed E-state index contributed by atoms with van der Waals surface area (Å²) in [6.45, 7) is 6.82. The Labute approximate surface area is 267 Å². The van der Waals surface area contributed by atoms with Crippen LogP contribution in [0.15, 0.2) is 18.2 Å². The van der Waals surface area contributed by atoms with Crippen molar-refractivity contribution in [2.24, 2.45) is 17.3 Å². The topological polar surface area (TPSA) is 170 Å². The third-order valence-electron chi connectivity index (χ3n) is 10.0. The normalized spacial score (nSPS) is 36.2. The molecule has 0 unspecified atom stereocenters. The zero-order chi connectivity index (χ0) is 33.5. The van der Waals surface area contributed by atoms with E-state index >= 15 is 0 Å². The lowest BCUT2D eigenvalue weighted by Crippen LogP contribution is -2.65. The van der Waals surface area contributed by atoms with Crippen LogP contribution < -0.4 is 4.74 Å². The molecule has 252 valence electrons. The van der Waals surface area contributed by atoms with Crippen molar-refractivity contribution in [1.29, 1.82) is 0 Å². The van der Waals surface area contributed by atoms with E-state index in [4.69, 9.17) is 33.2 Å². The van der Waals surface area contributed by atoms with Gasteiger partial charge >= 0.3 is 29.8 Å². The molecule has 3 fully saturated rings. The molecule has 11 atom stereocenters. The lowest BCUT2D eigenvalue weighted by Gasteiger charge is -2.51. The van der Waals surface area contributed by atoms with Gasteiger partial charge in [-0.25, -0.2) is 4.79 Å². The minimum absolute atomic E-state index is 0.0674. The molecule has 13 heteroatoms. The molecule has 13 nitrogen and oxygen atoms in total. The van der Waals surface area contributed by atoms with Crippen LogP contribution in [0.1, 0.15) is 77.3 Å². The highest BCUT2D eigenvalue weighted by atomic mass is 16.7. The molecular weight excluding hydrogens is 604 g/mol. The molecule has 0 bridgehead atoms. The molecule has 1 heterocycles. The number of hydrogen-bond donors (Lipinski definition) is 1. The zero-order valence-corrected chi connectivity index (χ0v) is 26.9. The van der Waals surface area contributed by atoms with Crippen LogP contribution in [0.3, 0.4) is 0 Å². The van der Waals surface area contributed by atoms with E-state index in [0.717, 1.165) is 52.7 Å². The van der Waals surface area contributed by atoms with Crippen molar-refractivity contribution in [3.63, 3.8) is 0 Å². The van der Waals surface area contributed by atoms with Crippen molar-refractivity contribution in [2.75, 3.05) is 7.11 Å². The van der Waals surface area contributed by atoms with Crippen molar-refractivity contribution in [3.05, 3.63) is 29.3 Å². The molecule has 0 radical (unpaired) electrons. The first kappa shape index (κ1) is 33.8. The van der Waals surface area contributed by atoms with Crippen LogP contribution in [0, 0.1) is 17.3 Å². The summed E-state index contributed by atoms with van der Waals surface area (Å²) in [5, 5.41) is 11.5. The maximum absolute atomic E-state index is 12.9. The standard InChI is InChI=1S/C33H42O13/c1-15(34)41-20-8-10-21-19(13-20)7-9-23-22(21)11-12-33(5)24(23)14-25(38)30(33)46-32-29(44-18(4)37)27(43-17(3)36)26(42-16(2)35)28(45-32)31(39)40-6/h8,10,13,22-30,32,38H,7,9,11-12,14H2,1-6H3/t22-,23-,24+,25-,26+,27+,28+,29-,30+,32+,33+/m1/s1. The molecular formula is C33H42O13. The average Bonchev–Trinajstić information content (AvgIpc) is 3.23. The van der Waals surface area contributed by atoms with E-state index < -0.39 is 72.2 Å². The number of carbonyl (C=O) groups is 5. The minimum Gasteiger partial charge on any atom is -0.467 e. The lowest BCUT2D eigenvalue weighted by atomic mass is 9.55. The van der Waals surface area contributed by atoms with E-state index in [9.17, 15) is 29.1 Å². The first-order chi connectivity index (χ1) is 21.7. The molecule has 1 aliphatic heterocycles. The predicted octanol–water partition coefficient (Wildman–Crippen LogP) is 2.52. The van der Waals surface area contributed by atoms with E-state index in [-0.39, 0.29) is 23.7 Å². The molecule has 3 aliphatic carbocycles. The van der Waals surface area contributed by atoms with Crippen LogP contribution in [0.4, 0.5) is 0 Å². The second-order valence-corrected chi connectivity index (χ2v) is 12.9. The summed E-state index contributed by atoms with van der Waals surface area (Å²) in [7, 11) is 1.12. The second-order valence-electron chi connectivity index (χ2n) is 12.9. The Hall–Kier alpha value is -3.55. The maximum atomic E-state index is 12.9. The number of aliphatic hydroxyl groups is 1. The van der Waals surface area contributed by atoms with E-state index in [1.165, 1.54) is 12.5 Å². The number of methoxy groups -OCH3 is 1. The number of benzene rings is 1. The van der Waals surface area contributed by atoms with Gasteiger partial charge in [0.05, 0.1) is 19.3 Å². The summed E-state index contributed by atoms with van der Waals surface area (Å²) in [6, 6.07) is 5.79. The van der Waals surface area contributed by atoms with Crippen molar-refractivity contribution in [3.8, 4) is 5.75 Å². The average molecular weight is 647 g/mol. The van der Waals surface area contributed by atoms with Crippen LogP contribution in [-0.4, -0.2) is 85.0 Å². The molecule has 1 aromatic rings. The molecule has 1 aromatic carbocycles. The zero-order valence-electron chi connectivity index (χ0n) is 26.9. The number of fused-ring (bicyclic) bond motifs is 5. The summed E-state index contributed by atoms with van der Waals surface area (Å²) in [5.74, 6) is -2.54.